The molecule has 0 saturated heterocycles. The molecule has 0 aliphatic carbocycles. The van der Waals surface area contributed by atoms with Crippen LogP contribution in [0.15, 0.2) is 24.4 Å². The molecule has 0 unspecified atom stereocenters. The number of thiazole rings is 1. The van der Waals surface area contributed by atoms with Crippen molar-refractivity contribution in [2.45, 2.75) is 6.92 Å². The summed E-state index contributed by atoms with van der Waals surface area (Å²) in [5.41, 5.74) is 2.40. The average Bonchev–Trinajstić information content (AvgIpc) is 2.64. The van der Waals surface area contributed by atoms with Gasteiger partial charge in [-0.3, -0.25) is 0 Å². The van der Waals surface area contributed by atoms with Crippen molar-refractivity contribution in [3.8, 4) is 0 Å². The molecular weight excluding hydrogens is 182 g/mol. The summed E-state index contributed by atoms with van der Waals surface area (Å²) >= 11 is 1.72. The maximum Gasteiger partial charge on any atom is 0.140 e. The monoisotopic (exact) mass is 189 g/mol. The van der Waals surface area contributed by atoms with Crippen LogP contribution in [0.3, 0.4) is 0 Å². The van der Waals surface area contributed by atoms with E-state index in [1.54, 1.807) is 17.5 Å². The predicted molar refractivity (Wildman–Crippen MR) is 53.1 cm³/mol. The predicted octanol–water partition coefficient (Wildman–Crippen LogP) is 2.25. The quantitative estimate of drug-likeness (QED) is 0.543. The van der Waals surface area contributed by atoms with E-state index in [4.69, 9.17) is 0 Å². The molecule has 3 aromatic rings. The number of aryl methyl sites for hydroxylation is 1. The maximum absolute atomic E-state index is 4.03. The molecule has 2 aromatic heterocycles. The van der Waals surface area contributed by atoms with Crippen LogP contribution in [0, 0.1) is 6.92 Å². The second-order valence-electron chi connectivity index (χ2n) is 3.06. The zero-order valence-electron chi connectivity index (χ0n) is 7.06. The van der Waals surface area contributed by atoms with Crippen LogP contribution in [0.2, 0.25) is 0 Å². The Morgan fingerprint density at radius 2 is 2.31 bits per heavy atom. The summed E-state index contributed by atoms with van der Waals surface area (Å²) in [6.07, 6.45) is 1.79. The average molecular weight is 189 g/mol. The molecule has 0 atom stereocenters. The van der Waals surface area contributed by atoms with Gasteiger partial charge in [0.2, 0.25) is 0 Å². The fraction of sp³-hybridized carbons (Fsp3) is 0.111. The number of hydrogen-bond donors (Lipinski definition) is 0. The van der Waals surface area contributed by atoms with Crippen molar-refractivity contribution in [1.82, 2.24) is 14.8 Å². The smallest absolute Gasteiger partial charge is 0.140 e. The van der Waals surface area contributed by atoms with Gasteiger partial charge in [-0.15, -0.1) is 16.4 Å². The first-order chi connectivity index (χ1) is 6.34. The first-order valence-electron chi connectivity index (χ1n) is 4.04. The van der Waals surface area contributed by atoms with Gasteiger partial charge in [-0.2, -0.15) is 0 Å². The van der Waals surface area contributed by atoms with Gasteiger partial charge in [0.25, 0.3) is 0 Å². The lowest BCUT2D eigenvalue weighted by molar-refractivity contribution is 0.887. The van der Waals surface area contributed by atoms with Crippen LogP contribution in [-0.4, -0.2) is 14.8 Å². The van der Waals surface area contributed by atoms with Gasteiger partial charge in [-0.1, -0.05) is 11.3 Å². The van der Waals surface area contributed by atoms with Gasteiger partial charge in [0.15, 0.2) is 0 Å². The van der Waals surface area contributed by atoms with E-state index in [0.29, 0.717) is 0 Å². The van der Waals surface area contributed by atoms with Crippen molar-refractivity contribution in [2.75, 3.05) is 0 Å². The summed E-state index contributed by atoms with van der Waals surface area (Å²) in [4.78, 5) is 1.10. The summed E-state index contributed by atoms with van der Waals surface area (Å²) in [7, 11) is 0. The molecule has 3 rings (SSSR count). The van der Waals surface area contributed by atoms with Crippen LogP contribution in [0.1, 0.15) is 5.56 Å². The zero-order valence-corrected chi connectivity index (χ0v) is 7.88. The number of hydrogen-bond acceptors (Lipinski definition) is 3. The van der Waals surface area contributed by atoms with Gasteiger partial charge >= 0.3 is 0 Å². The van der Waals surface area contributed by atoms with Crippen molar-refractivity contribution < 1.29 is 0 Å². The van der Waals surface area contributed by atoms with Crippen molar-refractivity contribution in [1.29, 1.82) is 0 Å². The van der Waals surface area contributed by atoms with Crippen LogP contribution in [0.5, 0.6) is 0 Å². The van der Waals surface area contributed by atoms with Crippen LogP contribution >= 0.6 is 11.3 Å². The third-order valence-corrected chi connectivity index (χ3v) is 3.13. The highest BCUT2D eigenvalue weighted by atomic mass is 32.1. The van der Waals surface area contributed by atoms with Crippen LogP contribution in [0.4, 0.5) is 0 Å². The number of fused-ring (bicyclic) bond motifs is 3. The standard InChI is InChI=1S/C9H7N3S/c1-6-2-3-8-7(4-6)12-9(13-8)5-10-11-12/h2-5H,1H3. The number of benzene rings is 1. The summed E-state index contributed by atoms with van der Waals surface area (Å²) in [6, 6.07) is 6.38. The molecule has 13 heavy (non-hydrogen) atoms. The summed E-state index contributed by atoms with van der Waals surface area (Å²) in [6.45, 7) is 2.08. The Morgan fingerprint density at radius 1 is 1.38 bits per heavy atom. The lowest BCUT2D eigenvalue weighted by atomic mass is 10.2. The van der Waals surface area contributed by atoms with E-state index in [0.717, 1.165) is 10.3 Å². The molecule has 0 amide bonds. The number of aromatic nitrogens is 3. The topological polar surface area (TPSA) is 30.2 Å². The molecule has 3 nitrogen and oxygen atoms in total. The normalized spacial score (nSPS) is 11.5. The van der Waals surface area contributed by atoms with Gasteiger partial charge in [0.1, 0.15) is 4.83 Å². The molecule has 0 spiro atoms. The van der Waals surface area contributed by atoms with Gasteiger partial charge in [-0.05, 0) is 24.6 Å². The number of nitrogens with zero attached hydrogens (tertiary/aromatic N) is 3. The van der Waals surface area contributed by atoms with Crippen LogP contribution < -0.4 is 0 Å². The molecule has 4 heteroatoms. The zero-order chi connectivity index (χ0) is 8.84. The lowest BCUT2D eigenvalue weighted by Gasteiger charge is -1.91. The molecule has 0 saturated carbocycles. The van der Waals surface area contributed by atoms with Crippen molar-refractivity contribution >= 4 is 26.4 Å². The van der Waals surface area contributed by atoms with Crippen LogP contribution in [-0.2, 0) is 0 Å². The second-order valence-corrected chi connectivity index (χ2v) is 4.12. The highest BCUT2D eigenvalue weighted by molar-refractivity contribution is 7.23. The van der Waals surface area contributed by atoms with Crippen molar-refractivity contribution in [3.63, 3.8) is 0 Å². The summed E-state index contributed by atoms with van der Waals surface area (Å²) in [5, 5.41) is 7.89. The van der Waals surface area contributed by atoms with Gasteiger partial charge in [-0.25, -0.2) is 4.52 Å². The minimum atomic E-state index is 1.10. The third kappa shape index (κ3) is 0.890. The Balaban J connectivity index is 2.61. The molecule has 0 N–H and O–H groups in total. The SMILES string of the molecule is Cc1ccc2sc3cnnn3c2c1. The minimum Gasteiger partial charge on any atom is -0.202 e. The van der Waals surface area contributed by atoms with Gasteiger partial charge < -0.3 is 0 Å². The molecule has 0 bridgehead atoms. The third-order valence-electron chi connectivity index (χ3n) is 2.08. The van der Waals surface area contributed by atoms with E-state index in [1.807, 2.05) is 4.52 Å². The Bertz CT molecular complexity index is 579. The van der Waals surface area contributed by atoms with E-state index in [-0.39, 0.29) is 0 Å². The van der Waals surface area contributed by atoms with Gasteiger partial charge in [0.05, 0.1) is 16.4 Å². The molecule has 0 radical (unpaired) electrons. The van der Waals surface area contributed by atoms with E-state index in [9.17, 15) is 0 Å². The fourth-order valence-corrected chi connectivity index (χ4v) is 2.39. The molecule has 1 aromatic carbocycles. The molecule has 0 aliphatic heterocycles. The summed E-state index contributed by atoms with van der Waals surface area (Å²) in [5.74, 6) is 0. The van der Waals surface area contributed by atoms with E-state index in [1.165, 1.54) is 10.3 Å². The Labute approximate surface area is 78.6 Å². The number of rotatable bonds is 0. The van der Waals surface area contributed by atoms with E-state index in [2.05, 4.69) is 35.4 Å². The Hall–Kier alpha value is -1.42. The molecule has 2 heterocycles. The van der Waals surface area contributed by atoms with E-state index >= 15 is 0 Å². The maximum atomic E-state index is 4.03. The lowest BCUT2D eigenvalue weighted by Crippen LogP contribution is -1.83. The van der Waals surface area contributed by atoms with E-state index < -0.39 is 0 Å². The summed E-state index contributed by atoms with van der Waals surface area (Å²) < 4.78 is 3.14. The largest absolute Gasteiger partial charge is 0.202 e. The molecule has 0 fully saturated rings. The van der Waals surface area contributed by atoms with Crippen molar-refractivity contribution in [3.05, 3.63) is 30.0 Å². The first kappa shape index (κ1) is 7.03. The molecular formula is C9H7N3S. The highest BCUT2D eigenvalue weighted by Crippen LogP contribution is 2.25. The van der Waals surface area contributed by atoms with Crippen LogP contribution in [0.25, 0.3) is 15.0 Å². The molecule has 64 valence electrons. The Morgan fingerprint density at radius 3 is 3.23 bits per heavy atom. The minimum absolute atomic E-state index is 1.10. The highest BCUT2D eigenvalue weighted by Gasteiger charge is 2.04. The Kier molecular flexibility index (Phi) is 1.24. The molecule has 0 aliphatic rings. The fourth-order valence-electron chi connectivity index (χ4n) is 1.45. The van der Waals surface area contributed by atoms with Crippen molar-refractivity contribution in [2.24, 2.45) is 0 Å². The van der Waals surface area contributed by atoms with Gasteiger partial charge in [0, 0.05) is 0 Å². The second kappa shape index (κ2) is 2.29. The first-order valence-corrected chi connectivity index (χ1v) is 4.86.